The minimum absolute atomic E-state index is 0.349. The van der Waals surface area contributed by atoms with Crippen LogP contribution in [0.1, 0.15) is 34.8 Å². The van der Waals surface area contributed by atoms with E-state index in [0.29, 0.717) is 23.5 Å². The molecule has 6 nitrogen and oxygen atoms in total. The number of nitrogens with one attached hydrogen (secondary N) is 1. The van der Waals surface area contributed by atoms with Crippen LogP contribution in [0.3, 0.4) is 0 Å². The molecule has 4 rings (SSSR count). The molecule has 0 saturated heterocycles. The van der Waals surface area contributed by atoms with Crippen LogP contribution in [-0.2, 0) is 4.79 Å². The summed E-state index contributed by atoms with van der Waals surface area (Å²) in [5.74, 6) is 0.253. The Kier molecular flexibility index (Phi) is 8.13. The lowest BCUT2D eigenvalue weighted by Gasteiger charge is -2.17. The molecule has 0 fully saturated rings. The Balaban J connectivity index is 1.34. The van der Waals surface area contributed by atoms with Crippen molar-refractivity contribution in [1.82, 2.24) is 5.43 Å². The standard InChI is InChI=1S/C29H25BrN2O4/c1-3-25(36-26-17-14-21-9-5-7-11-24(21)27(26)30)28(33)32-31-18-20-12-15-22(16-13-20)35-29(34)23-10-6-4-8-19(23)2/h4-18,25H,3H2,1-2H3,(H,32,33). The van der Waals surface area contributed by atoms with E-state index in [-0.39, 0.29) is 5.91 Å². The topological polar surface area (TPSA) is 77.0 Å². The second-order valence-corrected chi connectivity index (χ2v) is 8.91. The van der Waals surface area contributed by atoms with Gasteiger partial charge in [-0.1, -0.05) is 55.5 Å². The number of amides is 1. The molecule has 0 spiro atoms. The van der Waals surface area contributed by atoms with Crippen LogP contribution in [0.25, 0.3) is 10.8 Å². The van der Waals surface area contributed by atoms with Gasteiger partial charge in [-0.2, -0.15) is 5.10 Å². The van der Waals surface area contributed by atoms with Gasteiger partial charge in [-0.15, -0.1) is 0 Å². The van der Waals surface area contributed by atoms with E-state index in [1.54, 1.807) is 36.4 Å². The Bertz CT molecular complexity index is 1420. The van der Waals surface area contributed by atoms with Gasteiger partial charge >= 0.3 is 5.97 Å². The molecule has 182 valence electrons. The minimum atomic E-state index is -0.706. The Morgan fingerprint density at radius 1 is 0.972 bits per heavy atom. The number of aryl methyl sites for hydroxylation is 1. The van der Waals surface area contributed by atoms with Crippen LogP contribution in [-0.4, -0.2) is 24.2 Å². The lowest BCUT2D eigenvalue weighted by Crippen LogP contribution is -2.35. The number of benzene rings is 4. The van der Waals surface area contributed by atoms with Gasteiger partial charge in [0, 0.05) is 0 Å². The summed E-state index contributed by atoms with van der Waals surface area (Å²) in [6, 6.07) is 25.8. The smallest absolute Gasteiger partial charge is 0.343 e. The highest BCUT2D eigenvalue weighted by Gasteiger charge is 2.20. The third-order valence-electron chi connectivity index (χ3n) is 5.60. The molecule has 1 N–H and O–H groups in total. The molecule has 0 aliphatic heterocycles. The van der Waals surface area contributed by atoms with Crippen molar-refractivity contribution in [2.24, 2.45) is 5.10 Å². The highest BCUT2D eigenvalue weighted by Crippen LogP contribution is 2.33. The average molecular weight is 545 g/mol. The van der Waals surface area contributed by atoms with Crippen molar-refractivity contribution >= 4 is 44.8 Å². The quantitative estimate of drug-likeness (QED) is 0.120. The Hall–Kier alpha value is -3.97. The summed E-state index contributed by atoms with van der Waals surface area (Å²) in [4.78, 5) is 25.0. The highest BCUT2D eigenvalue weighted by molar-refractivity contribution is 9.10. The summed E-state index contributed by atoms with van der Waals surface area (Å²) >= 11 is 3.59. The maximum absolute atomic E-state index is 12.7. The predicted molar refractivity (Wildman–Crippen MR) is 145 cm³/mol. The van der Waals surface area contributed by atoms with E-state index in [0.717, 1.165) is 26.4 Å². The molecule has 0 aliphatic rings. The van der Waals surface area contributed by atoms with Gasteiger partial charge in [-0.25, -0.2) is 10.2 Å². The number of hydrogen-bond acceptors (Lipinski definition) is 5. The molecule has 1 atom stereocenters. The van der Waals surface area contributed by atoms with Crippen molar-refractivity contribution in [2.45, 2.75) is 26.4 Å². The molecule has 7 heteroatoms. The number of ether oxygens (including phenoxy) is 2. The number of esters is 1. The van der Waals surface area contributed by atoms with Gasteiger partial charge in [0.25, 0.3) is 5.91 Å². The fraction of sp³-hybridized carbons (Fsp3) is 0.138. The molecule has 36 heavy (non-hydrogen) atoms. The number of nitrogens with zero attached hydrogens (tertiary/aromatic N) is 1. The number of carbonyl (C=O) groups is 2. The van der Waals surface area contributed by atoms with Crippen LogP contribution in [0.2, 0.25) is 0 Å². The van der Waals surface area contributed by atoms with Crippen LogP contribution in [0.15, 0.2) is 94.5 Å². The van der Waals surface area contributed by atoms with E-state index >= 15 is 0 Å². The zero-order valence-corrected chi connectivity index (χ0v) is 21.5. The fourth-order valence-corrected chi connectivity index (χ4v) is 4.20. The zero-order chi connectivity index (χ0) is 25.5. The lowest BCUT2D eigenvalue weighted by molar-refractivity contribution is -0.128. The maximum atomic E-state index is 12.7. The molecular formula is C29H25BrN2O4. The first-order valence-corrected chi connectivity index (χ1v) is 12.3. The van der Waals surface area contributed by atoms with E-state index in [4.69, 9.17) is 9.47 Å². The number of halogens is 1. The number of rotatable bonds is 8. The first kappa shape index (κ1) is 25.1. The van der Waals surface area contributed by atoms with E-state index in [1.165, 1.54) is 6.21 Å². The van der Waals surface area contributed by atoms with Crippen molar-refractivity contribution in [3.8, 4) is 11.5 Å². The zero-order valence-electron chi connectivity index (χ0n) is 19.9. The van der Waals surface area contributed by atoms with Crippen LogP contribution < -0.4 is 14.9 Å². The first-order chi connectivity index (χ1) is 17.5. The summed E-state index contributed by atoms with van der Waals surface area (Å²) in [5.41, 5.74) is 4.65. The van der Waals surface area contributed by atoms with Crippen molar-refractivity contribution < 1.29 is 19.1 Å². The molecule has 0 aliphatic carbocycles. The lowest BCUT2D eigenvalue weighted by atomic mass is 10.1. The molecule has 0 radical (unpaired) electrons. The van der Waals surface area contributed by atoms with Crippen LogP contribution in [0, 0.1) is 6.92 Å². The molecular weight excluding hydrogens is 520 g/mol. The molecule has 1 amide bonds. The Morgan fingerprint density at radius 2 is 1.69 bits per heavy atom. The summed E-state index contributed by atoms with van der Waals surface area (Å²) in [7, 11) is 0. The number of fused-ring (bicyclic) bond motifs is 1. The van der Waals surface area contributed by atoms with Crippen molar-refractivity contribution in [2.75, 3.05) is 0 Å². The minimum Gasteiger partial charge on any atom is -0.479 e. The molecule has 0 aromatic heterocycles. The normalized spacial score (nSPS) is 11.9. The van der Waals surface area contributed by atoms with Gasteiger partial charge < -0.3 is 9.47 Å². The van der Waals surface area contributed by atoms with E-state index < -0.39 is 12.1 Å². The predicted octanol–water partition coefficient (Wildman–Crippen LogP) is 6.44. The molecule has 0 bridgehead atoms. The van der Waals surface area contributed by atoms with Gasteiger partial charge in [-0.3, -0.25) is 4.79 Å². The molecule has 4 aromatic carbocycles. The maximum Gasteiger partial charge on any atom is 0.343 e. The van der Waals surface area contributed by atoms with Gasteiger partial charge in [0.2, 0.25) is 0 Å². The third kappa shape index (κ3) is 5.98. The third-order valence-corrected chi connectivity index (χ3v) is 6.42. The molecule has 0 heterocycles. The summed E-state index contributed by atoms with van der Waals surface area (Å²) < 4.78 is 12.2. The number of hydrazone groups is 1. The van der Waals surface area contributed by atoms with Gasteiger partial charge in [-0.05, 0) is 87.6 Å². The number of carbonyl (C=O) groups excluding carboxylic acids is 2. The van der Waals surface area contributed by atoms with E-state index in [1.807, 2.05) is 62.4 Å². The van der Waals surface area contributed by atoms with Gasteiger partial charge in [0.05, 0.1) is 16.3 Å². The monoisotopic (exact) mass is 544 g/mol. The highest BCUT2D eigenvalue weighted by atomic mass is 79.9. The Labute approximate surface area is 218 Å². The second kappa shape index (κ2) is 11.6. The van der Waals surface area contributed by atoms with Crippen molar-refractivity contribution in [3.05, 3.63) is 106 Å². The molecule has 0 saturated carbocycles. The van der Waals surface area contributed by atoms with Crippen LogP contribution in [0.4, 0.5) is 0 Å². The molecule has 4 aromatic rings. The van der Waals surface area contributed by atoms with Crippen LogP contribution >= 0.6 is 15.9 Å². The Morgan fingerprint density at radius 3 is 2.44 bits per heavy atom. The van der Waals surface area contributed by atoms with E-state index in [9.17, 15) is 9.59 Å². The summed E-state index contributed by atoms with van der Waals surface area (Å²) in [6.07, 6.45) is 1.29. The van der Waals surface area contributed by atoms with E-state index in [2.05, 4.69) is 26.5 Å². The SMILES string of the molecule is CCC(Oc1ccc2ccccc2c1Br)C(=O)NN=Cc1ccc(OC(=O)c2ccccc2C)cc1. The van der Waals surface area contributed by atoms with Crippen molar-refractivity contribution in [1.29, 1.82) is 0 Å². The summed E-state index contributed by atoms with van der Waals surface area (Å²) in [6.45, 7) is 3.74. The van der Waals surface area contributed by atoms with Gasteiger partial charge in [0.1, 0.15) is 11.5 Å². The second-order valence-electron chi connectivity index (χ2n) is 8.12. The van der Waals surface area contributed by atoms with Gasteiger partial charge in [0.15, 0.2) is 6.10 Å². The summed E-state index contributed by atoms with van der Waals surface area (Å²) in [5, 5.41) is 6.14. The largest absolute Gasteiger partial charge is 0.479 e. The first-order valence-electron chi connectivity index (χ1n) is 11.5. The van der Waals surface area contributed by atoms with Crippen LogP contribution in [0.5, 0.6) is 11.5 Å². The van der Waals surface area contributed by atoms with Crippen molar-refractivity contribution in [3.63, 3.8) is 0 Å². The number of hydrogen-bond donors (Lipinski definition) is 1. The average Bonchev–Trinajstić information content (AvgIpc) is 2.89. The molecule has 1 unspecified atom stereocenters. The fourth-order valence-electron chi connectivity index (χ4n) is 3.61.